The predicted molar refractivity (Wildman–Crippen MR) is 64.6 cm³/mol. The number of aromatic amines is 1. The number of hydrogen-bond acceptors (Lipinski definition) is 3. The number of hydrogen-bond donors (Lipinski definition) is 1. The molecule has 2 heterocycles. The minimum Gasteiger partial charge on any atom is -0.356 e. The van der Waals surface area contributed by atoms with Gasteiger partial charge in [0.2, 0.25) is 0 Å². The van der Waals surface area contributed by atoms with E-state index in [9.17, 15) is 4.79 Å². The third-order valence-electron chi connectivity index (χ3n) is 3.47. The van der Waals surface area contributed by atoms with Gasteiger partial charge in [-0.05, 0) is 24.7 Å². The average molecular weight is 221 g/mol. The third kappa shape index (κ3) is 2.43. The Labute approximate surface area is 95.7 Å². The summed E-state index contributed by atoms with van der Waals surface area (Å²) in [5.41, 5.74) is -0.0732. The van der Waals surface area contributed by atoms with Gasteiger partial charge in [0, 0.05) is 19.2 Å². The van der Waals surface area contributed by atoms with E-state index in [4.69, 9.17) is 0 Å². The van der Waals surface area contributed by atoms with E-state index in [1.54, 1.807) is 6.07 Å². The first-order valence-corrected chi connectivity index (χ1v) is 5.96. The Morgan fingerprint density at radius 1 is 1.44 bits per heavy atom. The Kier molecular flexibility index (Phi) is 3.27. The summed E-state index contributed by atoms with van der Waals surface area (Å²) < 4.78 is 0. The second-order valence-corrected chi connectivity index (χ2v) is 4.84. The zero-order valence-electron chi connectivity index (χ0n) is 9.94. The maximum atomic E-state index is 11.2. The number of rotatable bonds is 2. The normalized spacial score (nSPS) is 18.1. The van der Waals surface area contributed by atoms with Crippen molar-refractivity contribution in [2.75, 3.05) is 18.0 Å². The minimum absolute atomic E-state index is 0.0732. The van der Waals surface area contributed by atoms with E-state index in [0.717, 1.165) is 30.7 Å². The van der Waals surface area contributed by atoms with Crippen LogP contribution in [0.25, 0.3) is 0 Å². The Morgan fingerprint density at radius 3 is 2.69 bits per heavy atom. The molecule has 88 valence electrons. The lowest BCUT2D eigenvalue weighted by Crippen LogP contribution is -2.36. The molecular weight excluding hydrogens is 202 g/mol. The van der Waals surface area contributed by atoms with Gasteiger partial charge in [-0.3, -0.25) is 4.79 Å². The molecule has 0 bridgehead atoms. The lowest BCUT2D eigenvalue weighted by atomic mass is 9.87. The van der Waals surface area contributed by atoms with Crippen molar-refractivity contribution in [3.05, 3.63) is 22.7 Å². The molecule has 0 saturated carbocycles. The fraction of sp³-hybridized carbons (Fsp3) is 0.667. The monoisotopic (exact) mass is 221 g/mol. The van der Waals surface area contributed by atoms with Gasteiger partial charge in [0.1, 0.15) is 5.82 Å². The Balaban J connectivity index is 2.02. The molecule has 1 aliphatic rings. The lowest BCUT2D eigenvalue weighted by molar-refractivity contribution is 0.310. The Bertz CT molecular complexity index is 391. The number of nitrogens with one attached hydrogen (secondary N) is 1. The first kappa shape index (κ1) is 11.2. The zero-order valence-corrected chi connectivity index (χ0v) is 9.94. The van der Waals surface area contributed by atoms with Crippen LogP contribution in [0.2, 0.25) is 0 Å². The second-order valence-electron chi connectivity index (χ2n) is 4.84. The van der Waals surface area contributed by atoms with E-state index in [-0.39, 0.29) is 5.56 Å². The molecule has 0 spiro atoms. The number of H-pyrrole nitrogens is 1. The maximum absolute atomic E-state index is 11.2. The molecular formula is C12H19N3O. The molecule has 4 heteroatoms. The van der Waals surface area contributed by atoms with Gasteiger partial charge in [-0.1, -0.05) is 13.8 Å². The highest BCUT2D eigenvalue weighted by atomic mass is 16.1. The van der Waals surface area contributed by atoms with E-state index < -0.39 is 0 Å². The van der Waals surface area contributed by atoms with Crippen molar-refractivity contribution in [3.63, 3.8) is 0 Å². The highest BCUT2D eigenvalue weighted by Gasteiger charge is 2.22. The number of aromatic nitrogens is 2. The van der Waals surface area contributed by atoms with Crippen LogP contribution in [-0.4, -0.2) is 23.1 Å². The quantitative estimate of drug-likeness (QED) is 0.826. The van der Waals surface area contributed by atoms with E-state index in [0.29, 0.717) is 0 Å². The first-order chi connectivity index (χ1) is 7.66. The zero-order chi connectivity index (χ0) is 11.5. The average Bonchev–Trinajstić information content (AvgIpc) is 2.29. The van der Waals surface area contributed by atoms with Crippen molar-refractivity contribution in [1.29, 1.82) is 0 Å². The fourth-order valence-corrected chi connectivity index (χ4v) is 2.33. The minimum atomic E-state index is -0.0732. The number of nitrogens with zero attached hydrogens (tertiary/aromatic N) is 2. The molecule has 1 fully saturated rings. The molecule has 4 nitrogen and oxygen atoms in total. The third-order valence-corrected chi connectivity index (χ3v) is 3.47. The maximum Gasteiger partial charge on any atom is 0.252 e. The standard InChI is InChI=1S/C12H19N3O/c1-9(2)10-3-5-15(6-4-10)11-7-12(16)14-8-13-11/h7-10H,3-6H2,1-2H3,(H,13,14,16). The first-order valence-electron chi connectivity index (χ1n) is 5.96. The molecule has 1 aliphatic heterocycles. The van der Waals surface area contributed by atoms with E-state index >= 15 is 0 Å². The summed E-state index contributed by atoms with van der Waals surface area (Å²) in [6, 6.07) is 1.58. The molecule has 0 atom stereocenters. The fourth-order valence-electron chi connectivity index (χ4n) is 2.33. The van der Waals surface area contributed by atoms with Crippen LogP contribution in [0.1, 0.15) is 26.7 Å². The van der Waals surface area contributed by atoms with Crippen LogP contribution in [0, 0.1) is 11.8 Å². The van der Waals surface area contributed by atoms with Crippen LogP contribution < -0.4 is 10.5 Å². The van der Waals surface area contributed by atoms with Crippen molar-refractivity contribution in [3.8, 4) is 0 Å². The van der Waals surface area contributed by atoms with Crippen molar-refractivity contribution in [1.82, 2.24) is 9.97 Å². The van der Waals surface area contributed by atoms with Gasteiger partial charge in [0.15, 0.2) is 0 Å². The summed E-state index contributed by atoms with van der Waals surface area (Å²) in [4.78, 5) is 20.1. The predicted octanol–water partition coefficient (Wildman–Crippen LogP) is 1.64. The molecule has 2 rings (SSSR count). The van der Waals surface area contributed by atoms with E-state index in [1.807, 2.05) is 0 Å². The van der Waals surface area contributed by atoms with Crippen molar-refractivity contribution in [2.24, 2.45) is 11.8 Å². The Hall–Kier alpha value is -1.32. The summed E-state index contributed by atoms with van der Waals surface area (Å²) >= 11 is 0. The topological polar surface area (TPSA) is 49.0 Å². The molecule has 1 saturated heterocycles. The van der Waals surface area contributed by atoms with Crippen LogP contribution in [0.15, 0.2) is 17.2 Å². The summed E-state index contributed by atoms with van der Waals surface area (Å²) in [5, 5.41) is 0. The molecule has 0 radical (unpaired) electrons. The molecule has 1 N–H and O–H groups in total. The summed E-state index contributed by atoms with van der Waals surface area (Å²) in [6.07, 6.45) is 3.88. The van der Waals surface area contributed by atoms with Crippen molar-refractivity contribution >= 4 is 5.82 Å². The molecule has 0 aliphatic carbocycles. The van der Waals surface area contributed by atoms with Crippen LogP contribution in [0.3, 0.4) is 0 Å². The largest absolute Gasteiger partial charge is 0.356 e. The molecule has 16 heavy (non-hydrogen) atoms. The molecule has 1 aromatic heterocycles. The molecule has 0 aromatic carbocycles. The van der Waals surface area contributed by atoms with Gasteiger partial charge >= 0.3 is 0 Å². The smallest absolute Gasteiger partial charge is 0.252 e. The summed E-state index contributed by atoms with van der Waals surface area (Å²) in [7, 11) is 0. The van der Waals surface area contributed by atoms with Crippen molar-refractivity contribution in [2.45, 2.75) is 26.7 Å². The van der Waals surface area contributed by atoms with Crippen LogP contribution in [-0.2, 0) is 0 Å². The highest BCUT2D eigenvalue weighted by Crippen LogP contribution is 2.26. The van der Waals surface area contributed by atoms with Gasteiger partial charge in [0.25, 0.3) is 5.56 Å². The SMILES string of the molecule is CC(C)C1CCN(c2cc(=O)[nH]cn2)CC1. The van der Waals surface area contributed by atoms with Gasteiger partial charge in [-0.25, -0.2) is 4.98 Å². The van der Waals surface area contributed by atoms with Gasteiger partial charge in [0.05, 0.1) is 6.33 Å². The number of piperidine rings is 1. The van der Waals surface area contributed by atoms with Crippen molar-refractivity contribution < 1.29 is 0 Å². The van der Waals surface area contributed by atoms with Crippen LogP contribution in [0.5, 0.6) is 0 Å². The highest BCUT2D eigenvalue weighted by molar-refractivity contribution is 5.36. The van der Waals surface area contributed by atoms with Crippen LogP contribution in [0.4, 0.5) is 5.82 Å². The van der Waals surface area contributed by atoms with Gasteiger partial charge in [-0.15, -0.1) is 0 Å². The van der Waals surface area contributed by atoms with E-state index in [1.165, 1.54) is 19.2 Å². The van der Waals surface area contributed by atoms with Gasteiger partial charge in [-0.2, -0.15) is 0 Å². The summed E-state index contributed by atoms with van der Waals surface area (Å²) in [6.45, 7) is 6.59. The Morgan fingerprint density at radius 2 is 2.12 bits per heavy atom. The van der Waals surface area contributed by atoms with Gasteiger partial charge < -0.3 is 9.88 Å². The second kappa shape index (κ2) is 4.68. The van der Waals surface area contributed by atoms with E-state index in [2.05, 4.69) is 28.7 Å². The summed E-state index contributed by atoms with van der Waals surface area (Å²) in [5.74, 6) is 2.39. The molecule has 1 aromatic rings. The molecule has 0 unspecified atom stereocenters. The lowest BCUT2D eigenvalue weighted by Gasteiger charge is -2.34. The molecule has 0 amide bonds. The van der Waals surface area contributed by atoms with Crippen LogP contribution >= 0.6 is 0 Å². The number of anilines is 1.